The van der Waals surface area contributed by atoms with E-state index in [2.05, 4.69) is 31.2 Å². The van der Waals surface area contributed by atoms with Crippen molar-refractivity contribution in [2.75, 3.05) is 0 Å². The predicted octanol–water partition coefficient (Wildman–Crippen LogP) is 6.86. The van der Waals surface area contributed by atoms with Gasteiger partial charge in [-0.05, 0) is 50.2 Å². The van der Waals surface area contributed by atoms with Crippen molar-refractivity contribution in [2.24, 2.45) is 0 Å². The molecular formula is C31H24N4O. The molecule has 0 amide bonds. The Kier molecular flexibility index (Phi) is 5.30. The van der Waals surface area contributed by atoms with Crippen molar-refractivity contribution in [1.82, 2.24) is 19.3 Å². The van der Waals surface area contributed by atoms with Gasteiger partial charge in [-0.25, -0.2) is 9.67 Å². The molecule has 0 aliphatic rings. The highest BCUT2D eigenvalue weighted by molar-refractivity contribution is 6.04. The number of fused-ring (bicyclic) bond motifs is 1. The molecule has 5 heteroatoms. The number of hydrogen-bond donors (Lipinski definition) is 0. The average molecular weight is 469 g/mol. The second-order valence-corrected chi connectivity index (χ2v) is 8.97. The molecule has 0 saturated heterocycles. The third-order valence-electron chi connectivity index (χ3n) is 6.33. The highest BCUT2D eigenvalue weighted by Crippen LogP contribution is 2.34. The van der Waals surface area contributed by atoms with Crippen LogP contribution in [0.5, 0.6) is 0 Å². The van der Waals surface area contributed by atoms with Crippen LogP contribution in [-0.2, 0) is 0 Å². The standard InChI is InChI=1S/C31H24N4O/c1-21-15-17-23(18-16-21)29-26(20-34(33-29)25-11-4-3-5-12-25)30-32-27-13-6-7-14-28(27)35(30)31(36)24-10-8-9-22(2)19-24/h3-20H,1-2H3. The Morgan fingerprint density at radius 2 is 1.50 bits per heavy atom. The Morgan fingerprint density at radius 1 is 0.750 bits per heavy atom. The van der Waals surface area contributed by atoms with E-state index in [1.54, 1.807) is 4.57 Å². The fraction of sp³-hybridized carbons (Fsp3) is 0.0645. The summed E-state index contributed by atoms with van der Waals surface area (Å²) in [6.07, 6.45) is 1.96. The molecule has 0 aliphatic carbocycles. The molecule has 0 bridgehead atoms. The number of rotatable bonds is 4. The van der Waals surface area contributed by atoms with Crippen LogP contribution in [0.15, 0.2) is 109 Å². The predicted molar refractivity (Wildman–Crippen MR) is 143 cm³/mol. The number of benzene rings is 4. The van der Waals surface area contributed by atoms with Crippen LogP contribution in [0.4, 0.5) is 0 Å². The van der Waals surface area contributed by atoms with E-state index in [9.17, 15) is 4.79 Å². The summed E-state index contributed by atoms with van der Waals surface area (Å²) < 4.78 is 3.57. The highest BCUT2D eigenvalue weighted by atomic mass is 16.2. The summed E-state index contributed by atoms with van der Waals surface area (Å²) in [6.45, 7) is 4.05. The van der Waals surface area contributed by atoms with Gasteiger partial charge in [0, 0.05) is 17.3 Å². The molecule has 0 unspecified atom stereocenters. The van der Waals surface area contributed by atoms with Crippen LogP contribution >= 0.6 is 0 Å². The van der Waals surface area contributed by atoms with E-state index in [0.717, 1.165) is 39.1 Å². The largest absolute Gasteiger partial charge is 0.268 e. The molecule has 0 atom stereocenters. The lowest BCUT2D eigenvalue weighted by atomic mass is 10.1. The van der Waals surface area contributed by atoms with Crippen molar-refractivity contribution in [2.45, 2.75) is 13.8 Å². The molecule has 36 heavy (non-hydrogen) atoms. The van der Waals surface area contributed by atoms with Gasteiger partial charge in [-0.3, -0.25) is 9.36 Å². The van der Waals surface area contributed by atoms with Crippen LogP contribution < -0.4 is 0 Å². The number of hydrogen-bond acceptors (Lipinski definition) is 3. The lowest BCUT2D eigenvalue weighted by Gasteiger charge is -2.09. The summed E-state index contributed by atoms with van der Waals surface area (Å²) in [5.74, 6) is 0.449. The third-order valence-corrected chi connectivity index (χ3v) is 6.33. The summed E-state index contributed by atoms with van der Waals surface area (Å²) in [7, 11) is 0. The average Bonchev–Trinajstić information content (AvgIpc) is 3.51. The Bertz CT molecular complexity index is 1710. The summed E-state index contributed by atoms with van der Waals surface area (Å²) in [5, 5.41) is 4.97. The number of imidazole rings is 1. The van der Waals surface area contributed by atoms with Crippen LogP contribution in [-0.4, -0.2) is 25.2 Å². The minimum Gasteiger partial charge on any atom is -0.268 e. The zero-order chi connectivity index (χ0) is 24.6. The molecule has 5 nitrogen and oxygen atoms in total. The smallest absolute Gasteiger partial charge is 0.264 e. The SMILES string of the molecule is Cc1ccc(-c2nn(-c3ccccc3)cc2-c2nc3ccccc3n2C(=O)c2cccc(C)c2)cc1. The van der Waals surface area contributed by atoms with Crippen LogP contribution in [0.25, 0.3) is 39.4 Å². The number of carbonyl (C=O) groups excluding carboxylic acids is 1. The molecule has 0 spiro atoms. The molecule has 4 aromatic carbocycles. The van der Waals surface area contributed by atoms with E-state index in [1.807, 2.05) is 96.7 Å². The Labute approximate surface area is 209 Å². The van der Waals surface area contributed by atoms with Crippen molar-refractivity contribution in [3.05, 3.63) is 126 Å². The van der Waals surface area contributed by atoms with Crippen molar-refractivity contribution in [3.63, 3.8) is 0 Å². The fourth-order valence-corrected chi connectivity index (χ4v) is 4.49. The lowest BCUT2D eigenvalue weighted by Crippen LogP contribution is -2.13. The monoisotopic (exact) mass is 468 g/mol. The molecule has 0 radical (unpaired) electrons. The maximum Gasteiger partial charge on any atom is 0.264 e. The number of carbonyl (C=O) groups is 1. The Balaban J connectivity index is 1.63. The lowest BCUT2D eigenvalue weighted by molar-refractivity contribution is 0.0966. The highest BCUT2D eigenvalue weighted by Gasteiger charge is 2.24. The van der Waals surface area contributed by atoms with E-state index in [0.29, 0.717) is 11.4 Å². The maximum atomic E-state index is 13.9. The number of aromatic nitrogens is 4. The van der Waals surface area contributed by atoms with Gasteiger partial charge in [0.05, 0.1) is 22.3 Å². The van der Waals surface area contributed by atoms with E-state index < -0.39 is 0 Å². The molecule has 0 saturated carbocycles. The molecule has 6 rings (SSSR count). The number of nitrogens with zero attached hydrogens (tertiary/aromatic N) is 4. The van der Waals surface area contributed by atoms with Gasteiger partial charge in [0.15, 0.2) is 5.82 Å². The first-order chi connectivity index (χ1) is 17.6. The van der Waals surface area contributed by atoms with E-state index in [-0.39, 0.29) is 5.91 Å². The van der Waals surface area contributed by atoms with Gasteiger partial charge in [0.25, 0.3) is 5.91 Å². The second kappa shape index (κ2) is 8.78. The van der Waals surface area contributed by atoms with E-state index in [1.165, 1.54) is 5.56 Å². The van der Waals surface area contributed by atoms with Gasteiger partial charge in [0.1, 0.15) is 5.69 Å². The minimum atomic E-state index is -0.121. The topological polar surface area (TPSA) is 52.7 Å². The normalized spacial score (nSPS) is 11.2. The summed E-state index contributed by atoms with van der Waals surface area (Å²) in [4.78, 5) is 18.9. The molecule has 0 aliphatic heterocycles. The summed E-state index contributed by atoms with van der Waals surface area (Å²) in [5.41, 5.74) is 7.81. The van der Waals surface area contributed by atoms with E-state index >= 15 is 0 Å². The van der Waals surface area contributed by atoms with Gasteiger partial charge in [-0.15, -0.1) is 0 Å². The second-order valence-electron chi connectivity index (χ2n) is 8.97. The van der Waals surface area contributed by atoms with Crippen molar-refractivity contribution in [3.8, 4) is 28.3 Å². The summed E-state index contributed by atoms with van der Waals surface area (Å²) >= 11 is 0. The molecule has 0 N–H and O–H groups in total. The van der Waals surface area contributed by atoms with Gasteiger partial charge in [0.2, 0.25) is 0 Å². The minimum absolute atomic E-state index is 0.121. The molecule has 2 heterocycles. The van der Waals surface area contributed by atoms with E-state index in [4.69, 9.17) is 10.1 Å². The van der Waals surface area contributed by atoms with Gasteiger partial charge >= 0.3 is 0 Å². The van der Waals surface area contributed by atoms with Crippen LogP contribution in [0.3, 0.4) is 0 Å². The van der Waals surface area contributed by atoms with Gasteiger partial charge in [-0.1, -0.05) is 77.9 Å². The number of aryl methyl sites for hydroxylation is 2. The molecule has 6 aromatic rings. The first-order valence-electron chi connectivity index (χ1n) is 11.9. The van der Waals surface area contributed by atoms with Crippen LogP contribution in [0, 0.1) is 13.8 Å². The van der Waals surface area contributed by atoms with Crippen molar-refractivity contribution >= 4 is 16.9 Å². The zero-order valence-corrected chi connectivity index (χ0v) is 20.1. The van der Waals surface area contributed by atoms with Crippen molar-refractivity contribution < 1.29 is 4.79 Å². The Hall–Kier alpha value is -4.77. The molecular weight excluding hydrogens is 444 g/mol. The van der Waals surface area contributed by atoms with Crippen molar-refractivity contribution in [1.29, 1.82) is 0 Å². The first-order valence-corrected chi connectivity index (χ1v) is 11.9. The fourth-order valence-electron chi connectivity index (χ4n) is 4.49. The van der Waals surface area contributed by atoms with Crippen LogP contribution in [0.1, 0.15) is 21.5 Å². The number of para-hydroxylation sites is 3. The first kappa shape index (κ1) is 21.7. The Morgan fingerprint density at radius 3 is 2.28 bits per heavy atom. The van der Waals surface area contributed by atoms with Crippen LogP contribution in [0.2, 0.25) is 0 Å². The summed E-state index contributed by atoms with van der Waals surface area (Å²) in [6, 6.07) is 33.6. The van der Waals surface area contributed by atoms with Gasteiger partial charge < -0.3 is 0 Å². The molecule has 174 valence electrons. The van der Waals surface area contributed by atoms with Gasteiger partial charge in [-0.2, -0.15) is 5.10 Å². The quantitative estimate of drug-likeness (QED) is 0.284. The maximum absolute atomic E-state index is 13.9. The molecule has 2 aromatic heterocycles. The third kappa shape index (κ3) is 3.81. The zero-order valence-electron chi connectivity index (χ0n) is 20.1. The molecule has 0 fully saturated rings.